The van der Waals surface area contributed by atoms with Crippen LogP contribution < -0.4 is 10.6 Å². The minimum Gasteiger partial charge on any atom is -0.390 e. The number of anilines is 1. The van der Waals surface area contributed by atoms with Gasteiger partial charge in [0.05, 0.1) is 17.2 Å². The molecule has 1 unspecified atom stereocenters. The largest absolute Gasteiger partial charge is 0.390 e. The van der Waals surface area contributed by atoms with Crippen molar-refractivity contribution in [3.63, 3.8) is 0 Å². The van der Waals surface area contributed by atoms with Crippen LogP contribution in [0.3, 0.4) is 0 Å². The minimum absolute atomic E-state index is 0.140. The van der Waals surface area contributed by atoms with Crippen LogP contribution in [-0.4, -0.2) is 59.1 Å². The van der Waals surface area contributed by atoms with Gasteiger partial charge < -0.3 is 25.6 Å². The van der Waals surface area contributed by atoms with Crippen LogP contribution in [0.4, 0.5) is 5.69 Å². The van der Waals surface area contributed by atoms with Crippen molar-refractivity contribution < 1.29 is 14.7 Å². The molecule has 3 aliphatic rings. The van der Waals surface area contributed by atoms with Crippen molar-refractivity contribution in [3.05, 3.63) is 51.3 Å². The molecular weight excluding hydrogens is 452 g/mol. The Balaban J connectivity index is 1.38. The number of nitrogens with zero attached hydrogens (tertiary/aromatic N) is 1. The maximum Gasteiger partial charge on any atom is 0.256 e. The lowest BCUT2D eigenvalue weighted by Crippen LogP contribution is -2.42. The Hall–Kier alpha value is -2.61. The lowest BCUT2D eigenvalue weighted by molar-refractivity contribution is -0.110. The van der Waals surface area contributed by atoms with Crippen LogP contribution in [0.5, 0.6) is 0 Å². The predicted octanol–water partition coefficient (Wildman–Crippen LogP) is 3.75. The molecule has 0 spiro atoms. The summed E-state index contributed by atoms with van der Waals surface area (Å²) in [4.78, 5) is 31.7. The molecule has 7 nitrogen and oxygen atoms in total. The van der Waals surface area contributed by atoms with Gasteiger partial charge in [-0.2, -0.15) is 0 Å². The maximum atomic E-state index is 13.2. The Labute approximate surface area is 204 Å². The molecule has 0 bridgehead atoms. The van der Waals surface area contributed by atoms with E-state index < -0.39 is 6.10 Å². The summed E-state index contributed by atoms with van der Waals surface area (Å²) in [5.74, 6) is -0.322. The van der Waals surface area contributed by atoms with Gasteiger partial charge in [0.1, 0.15) is 0 Å². The van der Waals surface area contributed by atoms with Gasteiger partial charge in [0.15, 0.2) is 0 Å². The van der Waals surface area contributed by atoms with Crippen LogP contribution >= 0.6 is 11.6 Å². The summed E-state index contributed by atoms with van der Waals surface area (Å²) in [7, 11) is 0. The minimum atomic E-state index is -0.599. The van der Waals surface area contributed by atoms with Crippen molar-refractivity contribution in [2.45, 2.75) is 51.6 Å². The number of halogens is 1. The van der Waals surface area contributed by atoms with Gasteiger partial charge in [-0.15, -0.1) is 0 Å². The predicted molar refractivity (Wildman–Crippen MR) is 134 cm³/mol. The lowest BCUT2D eigenvalue weighted by atomic mass is 9.86. The van der Waals surface area contributed by atoms with Crippen LogP contribution in [0.2, 0.25) is 5.02 Å². The smallest absolute Gasteiger partial charge is 0.256 e. The molecule has 2 amide bonds. The second-order valence-electron chi connectivity index (χ2n) is 9.55. The number of nitrogens with one attached hydrogen (secondary N) is 3. The zero-order chi connectivity index (χ0) is 23.8. The van der Waals surface area contributed by atoms with Crippen LogP contribution in [0.1, 0.15) is 65.0 Å². The van der Waals surface area contributed by atoms with Gasteiger partial charge in [-0.05, 0) is 81.5 Å². The fraction of sp³-hybridized carbons (Fsp3) is 0.462. The van der Waals surface area contributed by atoms with E-state index in [-0.39, 0.29) is 18.4 Å². The molecule has 4 N–H and O–H groups in total. The number of aromatic nitrogens is 1. The molecule has 1 atom stereocenters. The molecule has 2 aromatic rings. The first kappa shape index (κ1) is 23.1. The number of aliphatic hydroxyl groups is 1. The number of likely N-dealkylation sites (tertiary alicyclic amines) is 1. The zero-order valence-electron chi connectivity index (χ0n) is 19.5. The van der Waals surface area contributed by atoms with E-state index in [0.29, 0.717) is 22.7 Å². The molecule has 2 aliphatic heterocycles. The number of aliphatic hydroxyl groups excluding tert-OH is 1. The van der Waals surface area contributed by atoms with Gasteiger partial charge in [0.25, 0.3) is 11.8 Å². The molecule has 1 aromatic carbocycles. The fourth-order valence-electron chi connectivity index (χ4n) is 5.55. The maximum absolute atomic E-state index is 13.2. The van der Waals surface area contributed by atoms with Crippen LogP contribution in [0.25, 0.3) is 11.1 Å². The summed E-state index contributed by atoms with van der Waals surface area (Å²) in [6, 6.07) is 5.40. The monoisotopic (exact) mass is 482 g/mol. The van der Waals surface area contributed by atoms with Gasteiger partial charge in [0.2, 0.25) is 0 Å². The number of aryl methyl sites for hydroxylation is 1. The highest BCUT2D eigenvalue weighted by atomic mass is 35.5. The van der Waals surface area contributed by atoms with E-state index in [2.05, 4.69) is 20.5 Å². The number of H-pyrrole nitrogens is 1. The third-order valence-electron chi connectivity index (χ3n) is 7.12. The molecule has 0 radical (unpaired) electrons. The number of amides is 2. The molecule has 1 fully saturated rings. The topological polar surface area (TPSA) is 97.5 Å². The highest BCUT2D eigenvalue weighted by Crippen LogP contribution is 2.43. The van der Waals surface area contributed by atoms with Crippen molar-refractivity contribution >= 4 is 40.2 Å². The first-order valence-electron chi connectivity index (χ1n) is 12.2. The summed E-state index contributed by atoms with van der Waals surface area (Å²) in [6.45, 7) is 4.71. The van der Waals surface area contributed by atoms with E-state index in [0.717, 1.165) is 66.1 Å². The van der Waals surface area contributed by atoms with E-state index in [1.54, 1.807) is 6.07 Å². The number of β-amino-alcohol motifs (C(OH)–C–C–N with tert-alkyl or cyclic N) is 1. The van der Waals surface area contributed by atoms with Crippen molar-refractivity contribution in [1.82, 2.24) is 15.2 Å². The Kier molecular flexibility index (Phi) is 6.51. The van der Waals surface area contributed by atoms with E-state index in [1.807, 2.05) is 19.1 Å². The number of carbonyl (C=O) groups excluding carboxylic acids is 2. The van der Waals surface area contributed by atoms with Gasteiger partial charge in [-0.25, -0.2) is 0 Å². The molecule has 180 valence electrons. The molecule has 0 saturated carbocycles. The molecule has 34 heavy (non-hydrogen) atoms. The molecule has 1 saturated heterocycles. The second kappa shape index (κ2) is 9.56. The van der Waals surface area contributed by atoms with Gasteiger partial charge in [-0.1, -0.05) is 18.0 Å². The standard InChI is InChI=1S/C26H31ClN4O3/c1-15-22(25(33)28-13-17(32)14-31-10-3-2-4-11-31)18-6-5-7-19(24(18)29-15)23-20-12-16(27)8-9-21(20)30-26(23)34/h8-9,12,17,29,32H,2-7,10-11,13-14H2,1H3,(H,28,33)(H,30,34). The van der Waals surface area contributed by atoms with Gasteiger partial charge in [-0.3, -0.25) is 9.59 Å². The SMILES string of the molecule is Cc1[nH]c2c(c1C(=O)NCC(O)CN1CCCCC1)CCCC2=C1C(=O)Nc2ccc(Cl)cc21. The van der Waals surface area contributed by atoms with Gasteiger partial charge in [0, 0.05) is 40.8 Å². The zero-order valence-corrected chi connectivity index (χ0v) is 20.2. The average molecular weight is 483 g/mol. The highest BCUT2D eigenvalue weighted by molar-refractivity contribution is 6.38. The second-order valence-corrected chi connectivity index (χ2v) is 9.99. The molecule has 1 aliphatic carbocycles. The summed E-state index contributed by atoms with van der Waals surface area (Å²) in [5.41, 5.74) is 6.32. The van der Waals surface area contributed by atoms with Crippen molar-refractivity contribution in [2.75, 3.05) is 31.5 Å². The number of hydrogen-bond donors (Lipinski definition) is 4. The number of hydrogen-bond acceptors (Lipinski definition) is 4. The third-order valence-corrected chi connectivity index (χ3v) is 7.35. The number of carbonyl (C=O) groups is 2. The van der Waals surface area contributed by atoms with Crippen LogP contribution in [0.15, 0.2) is 18.2 Å². The number of rotatable bonds is 5. The summed E-state index contributed by atoms with van der Waals surface area (Å²) in [6.07, 6.45) is 5.35. The van der Waals surface area contributed by atoms with E-state index in [9.17, 15) is 14.7 Å². The molecule has 3 heterocycles. The summed E-state index contributed by atoms with van der Waals surface area (Å²) in [5, 5.41) is 16.9. The molecule has 1 aromatic heterocycles. The summed E-state index contributed by atoms with van der Waals surface area (Å²) >= 11 is 6.22. The van der Waals surface area contributed by atoms with Crippen molar-refractivity contribution in [3.8, 4) is 0 Å². The average Bonchev–Trinajstić information content (AvgIpc) is 3.33. The number of fused-ring (bicyclic) bond motifs is 2. The Bertz CT molecular complexity index is 1160. The Morgan fingerprint density at radius 3 is 2.79 bits per heavy atom. The normalized spacial score (nSPS) is 21.1. The number of aromatic amines is 1. The van der Waals surface area contributed by atoms with Crippen molar-refractivity contribution in [1.29, 1.82) is 0 Å². The summed E-state index contributed by atoms with van der Waals surface area (Å²) < 4.78 is 0. The Morgan fingerprint density at radius 1 is 1.21 bits per heavy atom. The quantitative estimate of drug-likeness (QED) is 0.488. The fourth-order valence-corrected chi connectivity index (χ4v) is 5.72. The molecular formula is C26H31ClN4O3. The molecule has 5 rings (SSSR count). The van der Waals surface area contributed by atoms with Crippen molar-refractivity contribution in [2.24, 2.45) is 0 Å². The number of piperidine rings is 1. The van der Waals surface area contributed by atoms with Gasteiger partial charge >= 0.3 is 0 Å². The van der Waals surface area contributed by atoms with Crippen LogP contribution in [0, 0.1) is 6.92 Å². The number of benzene rings is 1. The van der Waals surface area contributed by atoms with E-state index in [4.69, 9.17) is 11.6 Å². The number of allylic oxidation sites excluding steroid dienone is 1. The first-order valence-corrected chi connectivity index (χ1v) is 12.5. The molecule has 8 heteroatoms. The lowest BCUT2D eigenvalue weighted by Gasteiger charge is -2.28. The third kappa shape index (κ3) is 4.40. The highest BCUT2D eigenvalue weighted by Gasteiger charge is 2.33. The van der Waals surface area contributed by atoms with E-state index in [1.165, 1.54) is 19.3 Å². The Morgan fingerprint density at radius 2 is 2.00 bits per heavy atom. The van der Waals surface area contributed by atoms with E-state index >= 15 is 0 Å². The van der Waals surface area contributed by atoms with Crippen LogP contribution in [-0.2, 0) is 11.2 Å². The first-order chi connectivity index (χ1) is 16.4.